The number of hydrogen-bond acceptors (Lipinski definition) is 11. The van der Waals surface area contributed by atoms with Crippen LogP contribution in [0.15, 0.2) is 24.3 Å². The number of amides is 1. The zero-order valence-electron chi connectivity index (χ0n) is 21.6. The first kappa shape index (κ1) is 27.4. The first-order valence-corrected chi connectivity index (χ1v) is 11.9. The fourth-order valence-electron chi connectivity index (χ4n) is 3.83. The number of nitrogens with one attached hydrogen (secondary N) is 2. The third kappa shape index (κ3) is 6.96. The molecule has 13 nitrogen and oxygen atoms in total. The number of carbonyl (C=O) groups excluding carboxylic acids is 2. The Kier molecular flexibility index (Phi) is 8.69. The van der Waals surface area contributed by atoms with E-state index in [1.165, 1.54) is 7.11 Å². The van der Waals surface area contributed by atoms with E-state index in [1.54, 1.807) is 56.9 Å². The van der Waals surface area contributed by atoms with Crippen LogP contribution >= 0.6 is 0 Å². The van der Waals surface area contributed by atoms with Gasteiger partial charge in [0.15, 0.2) is 0 Å². The number of para-hydroxylation sites is 2. The van der Waals surface area contributed by atoms with Gasteiger partial charge in [-0.15, -0.1) is 0 Å². The molecule has 3 rings (SSSR count). The van der Waals surface area contributed by atoms with Gasteiger partial charge in [-0.25, -0.2) is 9.59 Å². The lowest BCUT2D eigenvalue weighted by Crippen LogP contribution is -2.42. The summed E-state index contributed by atoms with van der Waals surface area (Å²) < 4.78 is 15.8. The summed E-state index contributed by atoms with van der Waals surface area (Å²) in [5, 5.41) is 17.9. The van der Waals surface area contributed by atoms with Crippen molar-refractivity contribution >= 4 is 35.2 Å². The van der Waals surface area contributed by atoms with Gasteiger partial charge in [-0.3, -0.25) is 10.1 Å². The Morgan fingerprint density at radius 3 is 2.62 bits per heavy atom. The summed E-state index contributed by atoms with van der Waals surface area (Å²) in [6.07, 6.45) is 1.09. The van der Waals surface area contributed by atoms with E-state index in [1.807, 2.05) is 0 Å². The summed E-state index contributed by atoms with van der Waals surface area (Å²) in [5.41, 5.74) is -1.37. The van der Waals surface area contributed by atoms with Crippen LogP contribution in [-0.4, -0.2) is 70.3 Å². The molecular weight excluding hydrogens is 484 g/mol. The lowest BCUT2D eigenvalue weighted by molar-refractivity contribution is -0.384. The molecule has 2 heterocycles. The summed E-state index contributed by atoms with van der Waals surface area (Å²) in [5.74, 6) is -0.798. The largest absolute Gasteiger partial charge is 0.495 e. The van der Waals surface area contributed by atoms with Crippen LogP contribution in [0.25, 0.3) is 0 Å². The van der Waals surface area contributed by atoms with Gasteiger partial charge in [0.05, 0.1) is 30.4 Å². The van der Waals surface area contributed by atoms with Crippen LogP contribution in [0.5, 0.6) is 5.75 Å². The van der Waals surface area contributed by atoms with E-state index in [4.69, 9.17) is 14.2 Å². The number of ether oxygens (including phenoxy) is 3. The molecule has 1 unspecified atom stereocenters. The maximum Gasteiger partial charge on any atom is 0.410 e. The first-order chi connectivity index (χ1) is 17.5. The van der Waals surface area contributed by atoms with Crippen LogP contribution in [-0.2, 0) is 9.47 Å². The Morgan fingerprint density at radius 2 is 1.97 bits per heavy atom. The number of likely N-dealkylation sites (tertiary alicyclic amines) is 1. The van der Waals surface area contributed by atoms with Gasteiger partial charge in [-0.2, -0.15) is 9.97 Å². The summed E-state index contributed by atoms with van der Waals surface area (Å²) >= 11 is 0. The van der Waals surface area contributed by atoms with E-state index in [-0.39, 0.29) is 31.0 Å². The number of benzene rings is 1. The molecule has 37 heavy (non-hydrogen) atoms. The van der Waals surface area contributed by atoms with Crippen molar-refractivity contribution in [3.05, 3.63) is 40.1 Å². The summed E-state index contributed by atoms with van der Waals surface area (Å²) in [6.45, 7) is 7.77. The number of methoxy groups -OCH3 is 1. The first-order valence-electron chi connectivity index (χ1n) is 11.9. The smallest absolute Gasteiger partial charge is 0.410 e. The third-order valence-electron chi connectivity index (χ3n) is 5.40. The summed E-state index contributed by atoms with van der Waals surface area (Å²) in [4.78, 5) is 46.5. The molecule has 1 aromatic heterocycles. The van der Waals surface area contributed by atoms with Crippen molar-refractivity contribution in [2.75, 3.05) is 37.4 Å². The molecular formula is C24H32N6O7. The second kappa shape index (κ2) is 11.7. The standard InChI is InChI=1S/C24H32N6O7/c1-6-36-21(31)18-19(30(33)34)20(26-16-11-7-8-12-17(16)35-5)28-22(27-18)25-14-15-10-9-13-29(15)23(32)37-24(2,3)4/h7-8,11-12,15H,6,9-10,13-14H2,1-5H3,(H2,25,26,27,28). The minimum atomic E-state index is -0.959. The van der Waals surface area contributed by atoms with Crippen molar-refractivity contribution in [1.82, 2.24) is 14.9 Å². The molecule has 1 fully saturated rings. The summed E-state index contributed by atoms with van der Waals surface area (Å²) in [7, 11) is 1.46. The molecule has 1 atom stereocenters. The Labute approximate surface area is 214 Å². The molecule has 13 heteroatoms. The number of aromatic nitrogens is 2. The van der Waals surface area contributed by atoms with Gasteiger partial charge in [0.1, 0.15) is 11.4 Å². The molecule has 1 saturated heterocycles. The molecule has 0 saturated carbocycles. The number of rotatable bonds is 9. The van der Waals surface area contributed by atoms with E-state index >= 15 is 0 Å². The number of nitrogens with zero attached hydrogens (tertiary/aromatic N) is 4. The molecule has 200 valence electrons. The topological polar surface area (TPSA) is 158 Å². The monoisotopic (exact) mass is 516 g/mol. The summed E-state index contributed by atoms with van der Waals surface area (Å²) in [6, 6.07) is 6.57. The highest BCUT2D eigenvalue weighted by Gasteiger charge is 2.34. The van der Waals surface area contributed by atoms with Crippen LogP contribution in [0.1, 0.15) is 51.0 Å². The number of esters is 1. The van der Waals surface area contributed by atoms with E-state index in [9.17, 15) is 19.7 Å². The number of anilines is 3. The highest BCUT2D eigenvalue weighted by molar-refractivity contribution is 5.95. The molecule has 0 bridgehead atoms. The zero-order valence-corrected chi connectivity index (χ0v) is 21.6. The Morgan fingerprint density at radius 1 is 1.24 bits per heavy atom. The van der Waals surface area contributed by atoms with Gasteiger partial charge >= 0.3 is 17.7 Å². The molecule has 0 aliphatic carbocycles. The third-order valence-corrected chi connectivity index (χ3v) is 5.40. The van der Waals surface area contributed by atoms with E-state index in [0.29, 0.717) is 18.0 Å². The molecule has 2 aromatic rings. The molecule has 1 amide bonds. The minimum Gasteiger partial charge on any atom is -0.495 e. The van der Waals surface area contributed by atoms with Crippen molar-refractivity contribution in [2.45, 2.75) is 52.2 Å². The predicted molar refractivity (Wildman–Crippen MR) is 135 cm³/mol. The van der Waals surface area contributed by atoms with Crippen LogP contribution in [0.4, 0.5) is 27.9 Å². The second-order valence-corrected chi connectivity index (χ2v) is 9.25. The van der Waals surface area contributed by atoms with Gasteiger partial charge in [-0.1, -0.05) is 12.1 Å². The number of carbonyl (C=O) groups is 2. The maximum absolute atomic E-state index is 12.6. The molecule has 1 aliphatic rings. The molecule has 2 N–H and O–H groups in total. The highest BCUT2D eigenvalue weighted by Crippen LogP contribution is 2.34. The van der Waals surface area contributed by atoms with Crippen LogP contribution in [0, 0.1) is 10.1 Å². The normalized spacial score (nSPS) is 15.2. The van der Waals surface area contributed by atoms with E-state index in [0.717, 1.165) is 12.8 Å². The van der Waals surface area contributed by atoms with Crippen molar-refractivity contribution < 1.29 is 28.7 Å². The predicted octanol–water partition coefficient (Wildman–Crippen LogP) is 4.13. The fraction of sp³-hybridized carbons (Fsp3) is 0.500. The molecule has 1 aromatic carbocycles. The Balaban J connectivity index is 1.93. The van der Waals surface area contributed by atoms with Gasteiger partial charge in [0.2, 0.25) is 17.5 Å². The zero-order chi connectivity index (χ0) is 27.2. The lowest BCUT2D eigenvalue weighted by Gasteiger charge is -2.28. The minimum absolute atomic E-state index is 0.00491. The quantitative estimate of drug-likeness (QED) is 0.280. The average Bonchev–Trinajstić information content (AvgIpc) is 3.30. The highest BCUT2D eigenvalue weighted by atomic mass is 16.6. The fourth-order valence-corrected chi connectivity index (χ4v) is 3.83. The maximum atomic E-state index is 12.6. The molecule has 0 radical (unpaired) electrons. The van der Waals surface area contributed by atoms with E-state index in [2.05, 4.69) is 20.6 Å². The SMILES string of the molecule is CCOC(=O)c1nc(NCC2CCCN2C(=O)OC(C)(C)C)nc(Nc2ccccc2OC)c1[N+](=O)[O-]. The van der Waals surface area contributed by atoms with Crippen LogP contribution in [0.3, 0.4) is 0 Å². The Bertz CT molecular complexity index is 1150. The average molecular weight is 517 g/mol. The Hall–Kier alpha value is -4.16. The van der Waals surface area contributed by atoms with Gasteiger partial charge in [-0.05, 0) is 52.7 Å². The van der Waals surface area contributed by atoms with E-state index < -0.39 is 34.0 Å². The number of hydrogen-bond donors (Lipinski definition) is 2. The van der Waals surface area contributed by atoms with Gasteiger partial charge in [0.25, 0.3) is 0 Å². The van der Waals surface area contributed by atoms with Crippen molar-refractivity contribution in [2.24, 2.45) is 0 Å². The molecule has 1 aliphatic heterocycles. The van der Waals surface area contributed by atoms with Gasteiger partial charge < -0.3 is 29.7 Å². The molecule has 0 spiro atoms. The number of nitro groups is 1. The van der Waals surface area contributed by atoms with Crippen molar-refractivity contribution in [3.8, 4) is 5.75 Å². The second-order valence-electron chi connectivity index (χ2n) is 9.25. The van der Waals surface area contributed by atoms with Crippen molar-refractivity contribution in [1.29, 1.82) is 0 Å². The van der Waals surface area contributed by atoms with Crippen molar-refractivity contribution in [3.63, 3.8) is 0 Å². The van der Waals surface area contributed by atoms with Gasteiger partial charge in [0, 0.05) is 13.1 Å². The lowest BCUT2D eigenvalue weighted by atomic mass is 10.2. The van der Waals surface area contributed by atoms with Crippen LogP contribution in [0.2, 0.25) is 0 Å². The van der Waals surface area contributed by atoms with Crippen LogP contribution < -0.4 is 15.4 Å².